The zero-order chi connectivity index (χ0) is 32.9. The summed E-state index contributed by atoms with van der Waals surface area (Å²) in [5, 5.41) is 22.7. The molecule has 4 rings (SSSR count). The third-order valence-corrected chi connectivity index (χ3v) is 8.22. The van der Waals surface area contributed by atoms with E-state index in [4.69, 9.17) is 30.9 Å². The molecule has 11 heteroatoms. The minimum absolute atomic E-state index is 0.00611. The maximum Gasteiger partial charge on any atom is 0.303 e. The van der Waals surface area contributed by atoms with E-state index >= 15 is 0 Å². The molecule has 0 radical (unpaired) electrons. The number of aliphatic hydroxyl groups excluding tert-OH is 1. The van der Waals surface area contributed by atoms with Gasteiger partial charge in [0.2, 0.25) is 5.91 Å². The lowest BCUT2D eigenvalue weighted by Crippen LogP contribution is -2.49. The van der Waals surface area contributed by atoms with Crippen LogP contribution in [-0.2, 0) is 19.1 Å². The fourth-order valence-corrected chi connectivity index (χ4v) is 5.93. The van der Waals surface area contributed by atoms with Gasteiger partial charge in [-0.2, -0.15) is 0 Å². The number of amides is 2. The molecule has 2 amide bonds. The molecule has 1 heterocycles. The molecule has 1 unspecified atom stereocenters. The highest BCUT2D eigenvalue weighted by atomic mass is 35.5. The second kappa shape index (κ2) is 14.1. The molecule has 1 aliphatic carbocycles. The Morgan fingerprint density at radius 2 is 1.93 bits per heavy atom. The molecule has 45 heavy (non-hydrogen) atoms. The molecule has 0 fully saturated rings. The van der Waals surface area contributed by atoms with E-state index < -0.39 is 40.9 Å². The SMILES string of the molecule is COc1cccc([C@H]2O[C@H](CC(=O)NC3(C)C=CC=C(CCC(=O)O)C3)C(=O)N(CC(C)(C)CO)c3ccc(Cl)cc32)c1OC. The van der Waals surface area contributed by atoms with Crippen LogP contribution < -0.4 is 19.7 Å². The molecule has 2 aliphatic rings. The van der Waals surface area contributed by atoms with Crippen LogP contribution in [0.4, 0.5) is 5.69 Å². The lowest BCUT2D eigenvalue weighted by atomic mass is 9.86. The Hall–Kier alpha value is -3.86. The van der Waals surface area contributed by atoms with Crippen LogP contribution in [0.5, 0.6) is 11.5 Å². The number of hydrogen-bond donors (Lipinski definition) is 3. The number of carbonyl (C=O) groups is 3. The van der Waals surface area contributed by atoms with E-state index in [1.54, 1.807) is 41.3 Å². The summed E-state index contributed by atoms with van der Waals surface area (Å²) in [5.74, 6) is -0.864. The van der Waals surface area contributed by atoms with Gasteiger partial charge >= 0.3 is 5.97 Å². The average Bonchev–Trinajstić information content (AvgIpc) is 3.09. The Morgan fingerprint density at radius 1 is 1.18 bits per heavy atom. The monoisotopic (exact) mass is 640 g/mol. The molecular formula is C34H41ClN2O8. The number of nitrogens with one attached hydrogen (secondary N) is 1. The van der Waals surface area contributed by atoms with Crippen molar-refractivity contribution in [2.45, 2.75) is 64.2 Å². The minimum Gasteiger partial charge on any atom is -0.493 e. The molecule has 10 nitrogen and oxygen atoms in total. The smallest absolute Gasteiger partial charge is 0.303 e. The fraction of sp³-hybridized carbons (Fsp3) is 0.441. The molecule has 0 aromatic heterocycles. The quantitative estimate of drug-likeness (QED) is 0.288. The van der Waals surface area contributed by atoms with Crippen LogP contribution >= 0.6 is 11.6 Å². The minimum atomic E-state index is -1.22. The van der Waals surface area contributed by atoms with Crippen molar-refractivity contribution >= 4 is 35.1 Å². The zero-order valence-corrected chi connectivity index (χ0v) is 27.0. The lowest BCUT2D eigenvalue weighted by Gasteiger charge is -2.33. The van der Waals surface area contributed by atoms with Crippen LogP contribution in [0.15, 0.2) is 60.2 Å². The van der Waals surface area contributed by atoms with Gasteiger partial charge < -0.3 is 34.6 Å². The fourth-order valence-electron chi connectivity index (χ4n) is 5.75. The highest BCUT2D eigenvalue weighted by molar-refractivity contribution is 6.30. The molecule has 3 N–H and O–H groups in total. The van der Waals surface area contributed by atoms with Gasteiger partial charge in [-0.3, -0.25) is 14.4 Å². The molecule has 0 bridgehead atoms. The Bertz CT molecular complexity index is 1500. The molecular weight excluding hydrogens is 600 g/mol. The van der Waals surface area contributed by atoms with E-state index in [-0.39, 0.29) is 26.0 Å². The van der Waals surface area contributed by atoms with Crippen molar-refractivity contribution < 1.29 is 38.8 Å². The lowest BCUT2D eigenvalue weighted by molar-refractivity contribution is -0.138. The molecule has 242 valence electrons. The van der Waals surface area contributed by atoms with Crippen LogP contribution in [0.2, 0.25) is 5.02 Å². The number of carboxylic acids is 1. The number of carbonyl (C=O) groups excluding carboxylic acids is 2. The second-order valence-corrected chi connectivity index (χ2v) is 12.9. The summed E-state index contributed by atoms with van der Waals surface area (Å²) in [7, 11) is 3.04. The van der Waals surface area contributed by atoms with Crippen LogP contribution in [0.1, 0.15) is 63.7 Å². The summed E-state index contributed by atoms with van der Waals surface area (Å²) in [4.78, 5) is 40.6. The molecule has 0 saturated carbocycles. The van der Waals surface area contributed by atoms with Gasteiger partial charge in [-0.1, -0.05) is 61.4 Å². The number of halogens is 1. The number of benzene rings is 2. The highest BCUT2D eigenvalue weighted by Crippen LogP contribution is 2.45. The molecule has 2 aromatic rings. The Balaban J connectivity index is 1.73. The van der Waals surface area contributed by atoms with Gasteiger partial charge in [0.1, 0.15) is 12.2 Å². The maximum atomic E-state index is 14.3. The second-order valence-electron chi connectivity index (χ2n) is 12.5. The summed E-state index contributed by atoms with van der Waals surface area (Å²) < 4.78 is 17.9. The van der Waals surface area contributed by atoms with Crippen LogP contribution in [0.3, 0.4) is 0 Å². The van der Waals surface area contributed by atoms with Crippen molar-refractivity contribution in [2.24, 2.45) is 5.41 Å². The number of carboxylic acid groups (broad SMARTS) is 1. The highest BCUT2D eigenvalue weighted by Gasteiger charge is 2.41. The van der Waals surface area contributed by atoms with Crippen LogP contribution in [0, 0.1) is 5.41 Å². The van der Waals surface area contributed by atoms with Crippen molar-refractivity contribution in [1.82, 2.24) is 5.32 Å². The van der Waals surface area contributed by atoms with E-state index in [2.05, 4.69) is 5.32 Å². The first-order valence-electron chi connectivity index (χ1n) is 14.8. The first-order valence-corrected chi connectivity index (χ1v) is 15.2. The standard InChI is InChI=1S/C34H41ClN2O8/c1-33(2,20-38)19-37-25-13-12-22(35)16-24(25)30(23-9-6-10-26(43-4)31(23)44-5)45-27(32(37)42)17-28(39)36-34(3)15-7-8-21(18-34)11-14-29(40)41/h6-10,12-13,15-16,27,30,38H,11,14,17-20H2,1-5H3,(H,36,39)(H,40,41)/t27-,30-,34?/m1/s1. The molecule has 0 saturated heterocycles. The predicted molar refractivity (Wildman–Crippen MR) is 171 cm³/mol. The van der Waals surface area contributed by atoms with E-state index in [9.17, 15) is 19.5 Å². The third kappa shape index (κ3) is 8.06. The molecule has 3 atom stereocenters. The van der Waals surface area contributed by atoms with E-state index in [0.29, 0.717) is 46.2 Å². The zero-order valence-electron chi connectivity index (χ0n) is 26.3. The van der Waals surface area contributed by atoms with Gasteiger partial charge in [0.05, 0.1) is 26.2 Å². The number of para-hydroxylation sites is 1. The molecule has 0 spiro atoms. The number of aliphatic carboxylic acids is 1. The van der Waals surface area contributed by atoms with Crippen molar-refractivity contribution in [3.8, 4) is 11.5 Å². The maximum absolute atomic E-state index is 14.3. The number of hydrogen-bond acceptors (Lipinski definition) is 7. The Kier molecular flexibility index (Phi) is 10.6. The van der Waals surface area contributed by atoms with Crippen LogP contribution in [-0.4, -0.2) is 67.0 Å². The summed E-state index contributed by atoms with van der Waals surface area (Å²) in [6, 6.07) is 10.5. The van der Waals surface area contributed by atoms with E-state index in [0.717, 1.165) is 5.57 Å². The third-order valence-electron chi connectivity index (χ3n) is 7.98. The summed E-state index contributed by atoms with van der Waals surface area (Å²) >= 11 is 6.49. The van der Waals surface area contributed by atoms with Crippen molar-refractivity contribution in [3.05, 3.63) is 76.3 Å². The van der Waals surface area contributed by atoms with Gasteiger partial charge in [0, 0.05) is 46.8 Å². The normalized spacial score (nSPS) is 21.4. The largest absolute Gasteiger partial charge is 0.493 e. The summed E-state index contributed by atoms with van der Waals surface area (Å²) in [6.45, 7) is 5.51. The number of aliphatic hydroxyl groups is 1. The van der Waals surface area contributed by atoms with Crippen molar-refractivity contribution in [1.29, 1.82) is 0 Å². The first-order chi connectivity index (χ1) is 21.3. The van der Waals surface area contributed by atoms with Gasteiger partial charge in [0.15, 0.2) is 11.5 Å². The topological polar surface area (TPSA) is 135 Å². The van der Waals surface area contributed by atoms with Gasteiger partial charge in [-0.05, 0) is 44.0 Å². The van der Waals surface area contributed by atoms with Gasteiger partial charge in [-0.25, -0.2) is 0 Å². The van der Waals surface area contributed by atoms with E-state index in [1.165, 1.54) is 14.2 Å². The van der Waals surface area contributed by atoms with Crippen molar-refractivity contribution in [2.75, 3.05) is 32.3 Å². The summed E-state index contributed by atoms with van der Waals surface area (Å²) in [5.41, 5.74) is 1.16. The number of rotatable bonds is 12. The van der Waals surface area contributed by atoms with E-state index in [1.807, 2.05) is 39.0 Å². The van der Waals surface area contributed by atoms with Gasteiger partial charge in [0.25, 0.3) is 5.91 Å². The molecule has 2 aromatic carbocycles. The first kappa shape index (κ1) is 34.0. The summed E-state index contributed by atoms with van der Waals surface area (Å²) in [6.07, 6.45) is 3.94. The van der Waals surface area contributed by atoms with Gasteiger partial charge in [-0.15, -0.1) is 0 Å². The Morgan fingerprint density at radius 3 is 2.60 bits per heavy atom. The number of allylic oxidation sites excluding steroid dienone is 2. The Labute approximate surface area is 268 Å². The number of ether oxygens (including phenoxy) is 3. The van der Waals surface area contributed by atoms with Crippen LogP contribution in [0.25, 0.3) is 0 Å². The number of nitrogens with zero attached hydrogens (tertiary/aromatic N) is 1. The number of anilines is 1. The predicted octanol–water partition coefficient (Wildman–Crippen LogP) is 5.21. The molecule has 1 aliphatic heterocycles. The van der Waals surface area contributed by atoms with Crippen molar-refractivity contribution in [3.63, 3.8) is 0 Å². The number of fused-ring (bicyclic) bond motifs is 1. The average molecular weight is 641 g/mol. The number of methoxy groups -OCH3 is 2.